The van der Waals surface area contributed by atoms with E-state index in [-0.39, 0.29) is 0 Å². The predicted molar refractivity (Wildman–Crippen MR) is 192 cm³/mol. The Hall–Kier alpha value is -6.19. The molecule has 3 nitrogen and oxygen atoms in total. The summed E-state index contributed by atoms with van der Waals surface area (Å²) in [7, 11) is 0. The van der Waals surface area contributed by atoms with E-state index in [2.05, 4.69) is 145 Å². The number of fused-ring (bicyclic) bond motifs is 8. The molecule has 2 heterocycles. The molecule has 7 aromatic carbocycles. The van der Waals surface area contributed by atoms with Crippen molar-refractivity contribution in [3.05, 3.63) is 164 Å². The van der Waals surface area contributed by atoms with Gasteiger partial charge in [-0.1, -0.05) is 127 Å². The lowest BCUT2D eigenvalue weighted by Crippen LogP contribution is -1.97. The fourth-order valence-electron chi connectivity index (χ4n) is 6.82. The molecular weight excluding hydrogens is 558 g/mol. The van der Waals surface area contributed by atoms with Gasteiger partial charge >= 0.3 is 0 Å². The Kier molecular flexibility index (Phi) is 6.14. The first-order valence-corrected chi connectivity index (χ1v) is 15.5. The number of hydrogen-bond acceptors (Lipinski definition) is 3. The second-order valence-corrected chi connectivity index (χ2v) is 11.6. The van der Waals surface area contributed by atoms with Crippen molar-refractivity contribution >= 4 is 43.1 Å². The van der Waals surface area contributed by atoms with Crippen LogP contribution in [0.15, 0.2) is 164 Å². The Balaban J connectivity index is 1.36. The molecule has 9 aromatic rings. The second kappa shape index (κ2) is 10.8. The smallest absolute Gasteiger partial charge is 0.161 e. The number of rotatable bonds is 4. The van der Waals surface area contributed by atoms with Gasteiger partial charge in [0.1, 0.15) is 0 Å². The summed E-state index contributed by atoms with van der Waals surface area (Å²) in [6, 6.07) is 53.5. The largest absolute Gasteiger partial charge is 0.264 e. The monoisotopic (exact) mass is 585 g/mol. The third-order valence-corrected chi connectivity index (χ3v) is 8.94. The molecule has 0 radical (unpaired) electrons. The zero-order chi connectivity index (χ0) is 30.5. The summed E-state index contributed by atoms with van der Waals surface area (Å²) < 4.78 is 0. The fourth-order valence-corrected chi connectivity index (χ4v) is 6.82. The summed E-state index contributed by atoms with van der Waals surface area (Å²) >= 11 is 0. The minimum Gasteiger partial charge on any atom is -0.264 e. The number of hydrogen-bond donors (Lipinski definition) is 0. The fraction of sp³-hybridized carbons (Fsp3) is 0. The molecule has 0 fully saturated rings. The van der Waals surface area contributed by atoms with Crippen molar-refractivity contribution < 1.29 is 0 Å². The van der Waals surface area contributed by atoms with E-state index in [0.29, 0.717) is 5.82 Å². The summed E-state index contributed by atoms with van der Waals surface area (Å²) in [6.07, 6.45) is 3.70. The van der Waals surface area contributed by atoms with Gasteiger partial charge in [0.2, 0.25) is 0 Å². The van der Waals surface area contributed by atoms with Crippen LogP contribution in [0.3, 0.4) is 0 Å². The summed E-state index contributed by atoms with van der Waals surface area (Å²) in [5.41, 5.74) is 7.04. The van der Waals surface area contributed by atoms with Gasteiger partial charge < -0.3 is 0 Å². The quantitative estimate of drug-likeness (QED) is 0.193. The molecule has 0 saturated carbocycles. The molecule has 0 N–H and O–H groups in total. The van der Waals surface area contributed by atoms with E-state index in [0.717, 1.165) is 44.6 Å². The van der Waals surface area contributed by atoms with E-state index >= 15 is 0 Å². The van der Waals surface area contributed by atoms with E-state index in [9.17, 15) is 0 Å². The van der Waals surface area contributed by atoms with E-state index in [1.165, 1.54) is 37.7 Å². The molecule has 3 heteroatoms. The van der Waals surface area contributed by atoms with Crippen molar-refractivity contribution in [2.24, 2.45) is 0 Å². The number of nitrogens with zero attached hydrogens (tertiary/aromatic N) is 3. The molecule has 0 aliphatic heterocycles. The van der Waals surface area contributed by atoms with E-state index in [1.807, 2.05) is 18.3 Å². The molecule has 46 heavy (non-hydrogen) atoms. The second-order valence-electron chi connectivity index (χ2n) is 11.6. The van der Waals surface area contributed by atoms with Gasteiger partial charge in [0.15, 0.2) is 5.82 Å². The Labute approximate surface area is 266 Å². The highest BCUT2D eigenvalue weighted by Gasteiger charge is 2.18. The first kappa shape index (κ1) is 26.2. The van der Waals surface area contributed by atoms with E-state index in [4.69, 9.17) is 9.97 Å². The van der Waals surface area contributed by atoms with Crippen LogP contribution in [0.2, 0.25) is 0 Å². The van der Waals surface area contributed by atoms with Crippen molar-refractivity contribution in [1.29, 1.82) is 0 Å². The normalized spacial score (nSPS) is 11.5. The Morgan fingerprint density at radius 1 is 0.348 bits per heavy atom. The number of benzene rings is 7. The maximum absolute atomic E-state index is 5.31. The standard InChI is InChI=1S/C43H27N3/c1-2-12-28(13-3-1)40-26-41(30-15-10-14-29(24-30)31-16-11-23-44-27-31)46-43(45-40)39-25-38-34-19-5-4-17-32(34)33-18-6-8-21-36(33)42(38)37-22-9-7-20-35(37)39/h1-27H. The molecule has 9 rings (SSSR count). The molecule has 0 atom stereocenters. The van der Waals surface area contributed by atoms with Crippen LogP contribution in [0.25, 0.3) is 88.1 Å². The molecular formula is C43H27N3. The Bertz CT molecular complexity index is 2570. The van der Waals surface area contributed by atoms with Crippen LogP contribution >= 0.6 is 0 Å². The maximum Gasteiger partial charge on any atom is 0.161 e. The average molecular weight is 586 g/mol. The van der Waals surface area contributed by atoms with Crippen molar-refractivity contribution in [3.8, 4) is 45.0 Å². The van der Waals surface area contributed by atoms with Crippen LogP contribution in [-0.4, -0.2) is 15.0 Å². The molecule has 0 bridgehead atoms. The number of aromatic nitrogens is 3. The Morgan fingerprint density at radius 2 is 0.891 bits per heavy atom. The van der Waals surface area contributed by atoms with Crippen molar-refractivity contribution in [3.63, 3.8) is 0 Å². The van der Waals surface area contributed by atoms with Gasteiger partial charge in [-0.25, -0.2) is 9.97 Å². The van der Waals surface area contributed by atoms with Gasteiger partial charge in [0.05, 0.1) is 11.4 Å². The minimum absolute atomic E-state index is 0.707. The molecule has 0 aliphatic rings. The zero-order valence-corrected chi connectivity index (χ0v) is 24.9. The van der Waals surface area contributed by atoms with Gasteiger partial charge in [-0.15, -0.1) is 0 Å². The lowest BCUT2D eigenvalue weighted by atomic mass is 9.89. The summed E-state index contributed by atoms with van der Waals surface area (Å²) in [5.74, 6) is 0.707. The molecule has 0 spiro atoms. The van der Waals surface area contributed by atoms with E-state index in [1.54, 1.807) is 6.20 Å². The van der Waals surface area contributed by atoms with Crippen molar-refractivity contribution in [2.75, 3.05) is 0 Å². The lowest BCUT2D eigenvalue weighted by molar-refractivity contribution is 1.19. The first-order chi connectivity index (χ1) is 22.8. The van der Waals surface area contributed by atoms with Gasteiger partial charge in [-0.3, -0.25) is 4.98 Å². The lowest BCUT2D eigenvalue weighted by Gasteiger charge is -2.16. The maximum atomic E-state index is 5.31. The zero-order valence-electron chi connectivity index (χ0n) is 24.9. The van der Waals surface area contributed by atoms with Crippen molar-refractivity contribution in [1.82, 2.24) is 15.0 Å². The third-order valence-electron chi connectivity index (χ3n) is 8.94. The molecule has 0 aliphatic carbocycles. The highest BCUT2D eigenvalue weighted by atomic mass is 14.9. The van der Waals surface area contributed by atoms with Crippen LogP contribution in [0.4, 0.5) is 0 Å². The van der Waals surface area contributed by atoms with Crippen LogP contribution in [0.5, 0.6) is 0 Å². The SMILES string of the molecule is c1ccc(-c2cc(-c3cccc(-c4cccnc4)c3)nc(-c3cc4c5ccccc5c5ccccc5c4c4ccccc34)n2)cc1. The predicted octanol–water partition coefficient (Wildman–Crippen LogP) is 11.2. The van der Waals surface area contributed by atoms with Crippen LogP contribution < -0.4 is 0 Å². The molecule has 0 amide bonds. The molecule has 214 valence electrons. The first-order valence-electron chi connectivity index (χ1n) is 15.5. The van der Waals surface area contributed by atoms with Gasteiger partial charge in [0, 0.05) is 34.6 Å². The van der Waals surface area contributed by atoms with Crippen LogP contribution in [0, 0.1) is 0 Å². The van der Waals surface area contributed by atoms with Gasteiger partial charge in [0.25, 0.3) is 0 Å². The van der Waals surface area contributed by atoms with E-state index < -0.39 is 0 Å². The van der Waals surface area contributed by atoms with Gasteiger partial charge in [-0.2, -0.15) is 0 Å². The number of pyridine rings is 1. The van der Waals surface area contributed by atoms with Crippen molar-refractivity contribution in [2.45, 2.75) is 0 Å². The van der Waals surface area contributed by atoms with Crippen LogP contribution in [0.1, 0.15) is 0 Å². The van der Waals surface area contributed by atoms with Gasteiger partial charge in [-0.05, 0) is 72.9 Å². The molecule has 2 aromatic heterocycles. The third kappa shape index (κ3) is 4.33. The van der Waals surface area contributed by atoms with Crippen LogP contribution in [-0.2, 0) is 0 Å². The highest BCUT2D eigenvalue weighted by molar-refractivity contribution is 6.32. The summed E-state index contributed by atoms with van der Waals surface area (Å²) in [6.45, 7) is 0. The summed E-state index contributed by atoms with van der Waals surface area (Å²) in [5, 5.41) is 9.80. The highest BCUT2D eigenvalue weighted by Crippen LogP contribution is 2.42. The molecule has 0 saturated heterocycles. The molecule has 0 unspecified atom stereocenters. The minimum atomic E-state index is 0.707. The Morgan fingerprint density at radius 3 is 1.61 bits per heavy atom. The summed E-state index contributed by atoms with van der Waals surface area (Å²) in [4.78, 5) is 14.9. The topological polar surface area (TPSA) is 38.7 Å². The average Bonchev–Trinajstić information content (AvgIpc) is 3.15.